The molecule has 28 heavy (non-hydrogen) atoms. The summed E-state index contributed by atoms with van der Waals surface area (Å²) in [6.45, 7) is 0.953. The topological polar surface area (TPSA) is 91.2 Å². The molecule has 3 aromatic rings. The van der Waals surface area contributed by atoms with Crippen LogP contribution in [0.3, 0.4) is 0 Å². The normalized spacial score (nSPS) is 17.6. The number of aromatic nitrogens is 4. The van der Waals surface area contributed by atoms with E-state index in [0.29, 0.717) is 17.1 Å². The zero-order chi connectivity index (χ0) is 18.9. The molecule has 4 heterocycles. The lowest BCUT2D eigenvalue weighted by Crippen LogP contribution is -2.35. The van der Waals surface area contributed by atoms with E-state index in [2.05, 4.69) is 25.1 Å². The number of hydrogen-bond acceptors (Lipinski definition) is 6. The number of amides is 1. The van der Waals surface area contributed by atoms with Gasteiger partial charge in [-0.15, -0.1) is 10.2 Å². The van der Waals surface area contributed by atoms with Crippen molar-refractivity contribution in [2.75, 3.05) is 6.79 Å². The van der Waals surface area contributed by atoms with Crippen LogP contribution >= 0.6 is 0 Å². The number of pyridine rings is 1. The molecule has 0 radical (unpaired) electrons. The number of fused-ring (bicyclic) bond motifs is 2. The Balaban J connectivity index is 1.29. The summed E-state index contributed by atoms with van der Waals surface area (Å²) >= 11 is 0. The quantitative estimate of drug-likeness (QED) is 0.752. The maximum Gasteiger partial charge on any atom is 0.251 e. The molecule has 1 atom stereocenters. The Morgan fingerprint density at radius 2 is 1.93 bits per heavy atom. The van der Waals surface area contributed by atoms with Gasteiger partial charge in [0.1, 0.15) is 5.82 Å². The summed E-state index contributed by atoms with van der Waals surface area (Å²) in [6.07, 6.45) is 5.92. The molecule has 8 heteroatoms. The molecule has 2 aliphatic rings. The van der Waals surface area contributed by atoms with Crippen LogP contribution in [0.2, 0.25) is 0 Å². The highest BCUT2D eigenvalue weighted by molar-refractivity contribution is 5.95. The van der Waals surface area contributed by atoms with Crippen molar-refractivity contribution in [2.45, 2.75) is 31.8 Å². The van der Waals surface area contributed by atoms with Crippen molar-refractivity contribution in [3.05, 3.63) is 54.1 Å². The van der Waals surface area contributed by atoms with Crippen LogP contribution in [-0.2, 0) is 13.0 Å². The van der Waals surface area contributed by atoms with Crippen LogP contribution in [0.15, 0.2) is 42.7 Å². The van der Waals surface area contributed by atoms with Gasteiger partial charge in [0.15, 0.2) is 17.3 Å². The van der Waals surface area contributed by atoms with Gasteiger partial charge in [-0.2, -0.15) is 0 Å². The summed E-state index contributed by atoms with van der Waals surface area (Å²) in [7, 11) is 0. The van der Waals surface area contributed by atoms with Crippen molar-refractivity contribution in [1.82, 2.24) is 25.1 Å². The summed E-state index contributed by atoms with van der Waals surface area (Å²) in [5, 5.41) is 11.8. The predicted molar refractivity (Wildman–Crippen MR) is 100 cm³/mol. The largest absolute Gasteiger partial charge is 0.454 e. The number of rotatable bonds is 3. The molecule has 0 aliphatic carbocycles. The third-order valence-electron chi connectivity index (χ3n) is 5.15. The third kappa shape index (κ3) is 3.06. The zero-order valence-electron chi connectivity index (χ0n) is 15.2. The third-order valence-corrected chi connectivity index (χ3v) is 5.15. The number of ether oxygens (including phenoxy) is 2. The Bertz CT molecular complexity index is 1020. The lowest BCUT2D eigenvalue weighted by molar-refractivity contribution is 0.0932. The zero-order valence-corrected chi connectivity index (χ0v) is 15.2. The fraction of sp³-hybridized carbons (Fsp3) is 0.300. The molecule has 1 unspecified atom stereocenters. The number of nitrogens with one attached hydrogen (secondary N) is 1. The molecule has 1 N–H and O–H groups in total. The first-order valence-corrected chi connectivity index (χ1v) is 9.31. The van der Waals surface area contributed by atoms with Gasteiger partial charge in [-0.1, -0.05) is 0 Å². The monoisotopic (exact) mass is 377 g/mol. The summed E-state index contributed by atoms with van der Waals surface area (Å²) in [6, 6.07) is 9.19. The lowest BCUT2D eigenvalue weighted by atomic mass is 10.1. The second-order valence-corrected chi connectivity index (χ2v) is 6.89. The summed E-state index contributed by atoms with van der Waals surface area (Å²) in [5.41, 5.74) is 1.57. The SMILES string of the molecule is O=C(NC1CCc2nnc(-c3ccncc3)n2CC1)c1ccc2c(c1)OCO2. The van der Waals surface area contributed by atoms with Crippen molar-refractivity contribution in [1.29, 1.82) is 0 Å². The Kier molecular flexibility index (Phi) is 4.16. The minimum atomic E-state index is -0.102. The fourth-order valence-electron chi connectivity index (χ4n) is 3.65. The highest BCUT2D eigenvalue weighted by Gasteiger charge is 2.23. The Morgan fingerprint density at radius 3 is 2.82 bits per heavy atom. The minimum absolute atomic E-state index is 0.0740. The molecule has 8 nitrogen and oxygen atoms in total. The van der Waals surface area contributed by atoms with E-state index in [1.54, 1.807) is 30.6 Å². The first-order valence-electron chi connectivity index (χ1n) is 9.31. The van der Waals surface area contributed by atoms with Crippen molar-refractivity contribution in [2.24, 2.45) is 0 Å². The first-order chi connectivity index (χ1) is 13.8. The van der Waals surface area contributed by atoms with Gasteiger partial charge in [-0.05, 0) is 43.2 Å². The molecule has 1 aromatic carbocycles. The molecule has 0 fully saturated rings. The van der Waals surface area contributed by atoms with Gasteiger partial charge in [-0.25, -0.2) is 0 Å². The maximum atomic E-state index is 12.7. The van der Waals surface area contributed by atoms with E-state index in [1.165, 1.54) is 0 Å². The molecule has 0 spiro atoms. The van der Waals surface area contributed by atoms with E-state index in [9.17, 15) is 4.79 Å². The van der Waals surface area contributed by atoms with Gasteiger partial charge in [0, 0.05) is 42.5 Å². The molecule has 142 valence electrons. The van der Waals surface area contributed by atoms with E-state index >= 15 is 0 Å². The van der Waals surface area contributed by atoms with Gasteiger partial charge in [-0.3, -0.25) is 9.78 Å². The molecule has 1 amide bonds. The average molecular weight is 377 g/mol. The second kappa shape index (κ2) is 6.95. The smallest absolute Gasteiger partial charge is 0.251 e. The molecule has 5 rings (SSSR count). The number of carbonyl (C=O) groups is 1. The van der Waals surface area contributed by atoms with E-state index < -0.39 is 0 Å². The highest BCUT2D eigenvalue weighted by atomic mass is 16.7. The number of aryl methyl sites for hydroxylation is 1. The summed E-state index contributed by atoms with van der Waals surface area (Å²) in [4.78, 5) is 16.7. The summed E-state index contributed by atoms with van der Waals surface area (Å²) < 4.78 is 12.8. The van der Waals surface area contributed by atoms with Crippen LogP contribution in [0.1, 0.15) is 29.0 Å². The van der Waals surface area contributed by atoms with Crippen molar-refractivity contribution >= 4 is 5.91 Å². The van der Waals surface area contributed by atoms with Crippen LogP contribution in [-0.4, -0.2) is 38.5 Å². The van der Waals surface area contributed by atoms with Crippen LogP contribution in [0.4, 0.5) is 0 Å². The number of benzene rings is 1. The number of nitrogens with zero attached hydrogens (tertiary/aromatic N) is 4. The molecular formula is C20H19N5O3. The van der Waals surface area contributed by atoms with Gasteiger partial charge in [0.25, 0.3) is 5.91 Å². The molecular weight excluding hydrogens is 358 g/mol. The van der Waals surface area contributed by atoms with Crippen LogP contribution in [0.5, 0.6) is 11.5 Å². The van der Waals surface area contributed by atoms with Crippen molar-refractivity contribution < 1.29 is 14.3 Å². The number of hydrogen-bond donors (Lipinski definition) is 1. The van der Waals surface area contributed by atoms with Crippen molar-refractivity contribution in [3.8, 4) is 22.9 Å². The van der Waals surface area contributed by atoms with Crippen LogP contribution < -0.4 is 14.8 Å². The first kappa shape index (κ1) is 16.7. The van der Waals surface area contributed by atoms with Crippen LogP contribution in [0.25, 0.3) is 11.4 Å². The molecule has 0 saturated heterocycles. The van der Waals surface area contributed by atoms with E-state index in [4.69, 9.17) is 9.47 Å². The van der Waals surface area contributed by atoms with Gasteiger partial charge in [0.2, 0.25) is 6.79 Å². The molecule has 0 saturated carbocycles. The Labute approximate surface area is 161 Å². The number of carbonyl (C=O) groups excluding carboxylic acids is 1. The Hall–Kier alpha value is -3.42. The lowest BCUT2D eigenvalue weighted by Gasteiger charge is -2.16. The predicted octanol–water partition coefficient (Wildman–Crippen LogP) is 2.20. The fourth-order valence-corrected chi connectivity index (χ4v) is 3.65. The van der Waals surface area contributed by atoms with E-state index in [1.807, 2.05) is 12.1 Å². The van der Waals surface area contributed by atoms with Crippen LogP contribution in [0, 0.1) is 0 Å². The van der Waals surface area contributed by atoms with Gasteiger partial charge < -0.3 is 19.4 Å². The van der Waals surface area contributed by atoms with E-state index in [0.717, 1.165) is 43.0 Å². The van der Waals surface area contributed by atoms with Gasteiger partial charge >= 0.3 is 0 Å². The van der Waals surface area contributed by atoms with Crippen molar-refractivity contribution in [3.63, 3.8) is 0 Å². The molecule has 0 bridgehead atoms. The van der Waals surface area contributed by atoms with Gasteiger partial charge in [0.05, 0.1) is 0 Å². The maximum absolute atomic E-state index is 12.7. The minimum Gasteiger partial charge on any atom is -0.454 e. The standard InChI is InChI=1S/C20H19N5O3/c26-20(14-1-3-16-17(11-14)28-12-27-16)22-15-2-4-18-23-24-19(25(18)10-7-15)13-5-8-21-9-6-13/h1,3,5-6,8-9,11,15H,2,4,7,10,12H2,(H,22,26). The highest BCUT2D eigenvalue weighted by Crippen LogP contribution is 2.32. The average Bonchev–Trinajstić information content (AvgIpc) is 3.32. The second-order valence-electron chi connectivity index (χ2n) is 6.89. The Morgan fingerprint density at radius 1 is 1.07 bits per heavy atom. The summed E-state index contributed by atoms with van der Waals surface area (Å²) in [5.74, 6) is 2.98. The molecule has 2 aliphatic heterocycles. The van der Waals surface area contributed by atoms with E-state index in [-0.39, 0.29) is 18.7 Å². The molecule has 2 aromatic heterocycles.